The molecule has 0 bridgehead atoms. The predicted molar refractivity (Wildman–Crippen MR) is 56.0 cm³/mol. The first kappa shape index (κ1) is 11.0. The van der Waals surface area contributed by atoms with E-state index in [2.05, 4.69) is 25.4 Å². The number of ether oxygens (including phenoxy) is 1. The molecule has 1 aromatic rings. The monoisotopic (exact) mass is 225 g/mol. The fourth-order valence-corrected chi connectivity index (χ4v) is 1.60. The predicted octanol–water partition coefficient (Wildman–Crippen LogP) is -1.13. The van der Waals surface area contributed by atoms with Crippen molar-refractivity contribution in [2.24, 2.45) is 0 Å². The molecule has 0 radical (unpaired) electrons. The van der Waals surface area contributed by atoms with Crippen LogP contribution in [0.25, 0.3) is 0 Å². The molecule has 1 aliphatic rings. The highest BCUT2D eigenvalue weighted by molar-refractivity contribution is 5.90. The molecule has 16 heavy (non-hydrogen) atoms. The fourth-order valence-electron chi connectivity index (χ4n) is 1.60. The van der Waals surface area contributed by atoms with Crippen molar-refractivity contribution in [2.45, 2.75) is 6.10 Å². The molecule has 1 fully saturated rings. The molecule has 1 amide bonds. The number of H-pyrrole nitrogens is 1. The molecule has 7 heteroatoms. The highest BCUT2D eigenvalue weighted by atomic mass is 16.5. The molecular formula is C9H15N5O2. The van der Waals surface area contributed by atoms with E-state index in [-0.39, 0.29) is 17.8 Å². The highest BCUT2D eigenvalue weighted by Gasteiger charge is 2.19. The lowest BCUT2D eigenvalue weighted by atomic mass is 10.3. The average molecular weight is 225 g/mol. The van der Waals surface area contributed by atoms with E-state index < -0.39 is 0 Å². The summed E-state index contributed by atoms with van der Waals surface area (Å²) in [6, 6.07) is 0. The van der Waals surface area contributed by atoms with Crippen LogP contribution in [0.5, 0.6) is 0 Å². The van der Waals surface area contributed by atoms with Crippen LogP contribution in [0.15, 0.2) is 6.33 Å². The third kappa shape index (κ3) is 2.77. The second-order valence-corrected chi connectivity index (χ2v) is 3.80. The molecule has 1 aromatic heterocycles. The van der Waals surface area contributed by atoms with Gasteiger partial charge in [0.15, 0.2) is 0 Å². The summed E-state index contributed by atoms with van der Waals surface area (Å²) in [6.45, 7) is 2.96. The zero-order valence-corrected chi connectivity index (χ0v) is 9.14. The molecule has 88 valence electrons. The molecule has 1 atom stereocenters. The number of morpholine rings is 1. The zero-order valence-electron chi connectivity index (χ0n) is 9.14. The minimum atomic E-state index is -0.255. The molecule has 0 aliphatic carbocycles. The number of hydrogen-bond donors (Lipinski definition) is 2. The summed E-state index contributed by atoms with van der Waals surface area (Å²) < 4.78 is 5.51. The number of carbonyl (C=O) groups is 1. The van der Waals surface area contributed by atoms with E-state index in [1.54, 1.807) is 0 Å². The Morgan fingerprint density at radius 2 is 2.69 bits per heavy atom. The Labute approximate surface area is 93.2 Å². The molecule has 1 aliphatic heterocycles. The van der Waals surface area contributed by atoms with E-state index >= 15 is 0 Å². The number of hydrogen-bond acceptors (Lipinski definition) is 5. The van der Waals surface area contributed by atoms with Crippen molar-refractivity contribution < 1.29 is 9.53 Å². The number of rotatable bonds is 3. The van der Waals surface area contributed by atoms with Crippen molar-refractivity contribution in [2.75, 3.05) is 33.3 Å². The summed E-state index contributed by atoms with van der Waals surface area (Å²) in [5.74, 6) is -0.0292. The van der Waals surface area contributed by atoms with Gasteiger partial charge in [0.2, 0.25) is 5.82 Å². The van der Waals surface area contributed by atoms with Gasteiger partial charge in [-0.05, 0) is 7.05 Å². The molecule has 1 unspecified atom stereocenters. The first-order valence-electron chi connectivity index (χ1n) is 5.19. The van der Waals surface area contributed by atoms with Gasteiger partial charge in [0.25, 0.3) is 5.91 Å². The number of carbonyl (C=O) groups excluding carboxylic acids is 1. The lowest BCUT2D eigenvalue weighted by molar-refractivity contribution is -0.0175. The van der Waals surface area contributed by atoms with Crippen molar-refractivity contribution in [3.8, 4) is 0 Å². The SMILES string of the molecule is CN1CCOC(CNC(=O)c2ncn[nH]2)C1. The smallest absolute Gasteiger partial charge is 0.288 e. The molecular weight excluding hydrogens is 210 g/mol. The van der Waals surface area contributed by atoms with Gasteiger partial charge in [-0.3, -0.25) is 9.89 Å². The molecule has 1 saturated heterocycles. The Bertz CT molecular complexity index is 340. The van der Waals surface area contributed by atoms with E-state index in [1.807, 2.05) is 7.05 Å². The van der Waals surface area contributed by atoms with Gasteiger partial charge in [-0.25, -0.2) is 4.98 Å². The van der Waals surface area contributed by atoms with Gasteiger partial charge >= 0.3 is 0 Å². The Morgan fingerprint density at radius 1 is 1.81 bits per heavy atom. The summed E-state index contributed by atoms with van der Waals surface area (Å²) in [5, 5.41) is 8.87. The standard InChI is InChI=1S/C9H15N5O2/c1-14-2-3-16-7(5-14)4-10-9(15)8-11-6-12-13-8/h6-7H,2-5H2,1H3,(H,10,15)(H,11,12,13). The van der Waals surface area contributed by atoms with Crippen LogP contribution in [-0.2, 0) is 4.74 Å². The van der Waals surface area contributed by atoms with E-state index in [1.165, 1.54) is 6.33 Å². The van der Waals surface area contributed by atoms with Gasteiger partial charge in [0.05, 0.1) is 12.7 Å². The highest BCUT2D eigenvalue weighted by Crippen LogP contribution is 2.01. The summed E-state index contributed by atoms with van der Waals surface area (Å²) in [4.78, 5) is 17.5. The van der Waals surface area contributed by atoms with Crippen LogP contribution in [0.1, 0.15) is 10.6 Å². The van der Waals surface area contributed by atoms with Crippen molar-refractivity contribution in [1.29, 1.82) is 0 Å². The van der Waals surface area contributed by atoms with Crippen LogP contribution in [0.2, 0.25) is 0 Å². The normalized spacial score (nSPS) is 21.9. The third-order valence-corrected chi connectivity index (χ3v) is 2.46. The fraction of sp³-hybridized carbons (Fsp3) is 0.667. The van der Waals surface area contributed by atoms with Crippen LogP contribution >= 0.6 is 0 Å². The molecule has 0 aromatic carbocycles. The summed E-state index contributed by atoms with van der Waals surface area (Å²) in [7, 11) is 2.04. The number of aromatic nitrogens is 3. The Morgan fingerprint density at radius 3 is 3.38 bits per heavy atom. The zero-order chi connectivity index (χ0) is 11.4. The second-order valence-electron chi connectivity index (χ2n) is 3.80. The van der Waals surface area contributed by atoms with Crippen LogP contribution in [0.3, 0.4) is 0 Å². The maximum Gasteiger partial charge on any atom is 0.288 e. The molecule has 2 heterocycles. The first-order chi connectivity index (χ1) is 7.75. The van der Waals surface area contributed by atoms with Gasteiger partial charge in [-0.15, -0.1) is 0 Å². The van der Waals surface area contributed by atoms with Gasteiger partial charge in [0.1, 0.15) is 6.33 Å². The minimum Gasteiger partial charge on any atom is -0.374 e. The van der Waals surface area contributed by atoms with Crippen LogP contribution in [-0.4, -0.2) is 65.4 Å². The first-order valence-corrected chi connectivity index (χ1v) is 5.19. The van der Waals surface area contributed by atoms with Crippen molar-refractivity contribution >= 4 is 5.91 Å². The summed E-state index contributed by atoms with van der Waals surface area (Å²) >= 11 is 0. The van der Waals surface area contributed by atoms with Crippen LogP contribution in [0, 0.1) is 0 Å². The Balaban J connectivity index is 1.77. The Hall–Kier alpha value is -1.47. The average Bonchev–Trinajstić information content (AvgIpc) is 2.79. The summed E-state index contributed by atoms with van der Waals surface area (Å²) in [5.41, 5.74) is 0. The number of nitrogens with one attached hydrogen (secondary N) is 2. The van der Waals surface area contributed by atoms with Gasteiger partial charge < -0.3 is 15.0 Å². The van der Waals surface area contributed by atoms with Crippen molar-refractivity contribution in [3.63, 3.8) is 0 Å². The van der Waals surface area contributed by atoms with Crippen LogP contribution < -0.4 is 5.32 Å². The van der Waals surface area contributed by atoms with Gasteiger partial charge in [-0.1, -0.05) is 0 Å². The topological polar surface area (TPSA) is 83.1 Å². The van der Waals surface area contributed by atoms with E-state index in [4.69, 9.17) is 4.74 Å². The molecule has 2 N–H and O–H groups in total. The Kier molecular flexibility index (Phi) is 3.47. The summed E-state index contributed by atoms with van der Waals surface area (Å²) in [6.07, 6.45) is 1.35. The van der Waals surface area contributed by atoms with E-state index in [9.17, 15) is 4.79 Å². The maximum absolute atomic E-state index is 11.5. The number of amides is 1. The number of aromatic amines is 1. The second kappa shape index (κ2) is 5.04. The van der Waals surface area contributed by atoms with E-state index in [0.29, 0.717) is 13.2 Å². The lowest BCUT2D eigenvalue weighted by Gasteiger charge is -2.29. The van der Waals surface area contributed by atoms with Crippen LogP contribution in [0.4, 0.5) is 0 Å². The number of nitrogens with zero attached hydrogens (tertiary/aromatic N) is 3. The molecule has 0 saturated carbocycles. The maximum atomic E-state index is 11.5. The molecule has 2 rings (SSSR count). The largest absolute Gasteiger partial charge is 0.374 e. The van der Waals surface area contributed by atoms with Crippen molar-refractivity contribution in [3.05, 3.63) is 12.2 Å². The van der Waals surface area contributed by atoms with E-state index in [0.717, 1.165) is 13.1 Å². The van der Waals surface area contributed by atoms with Gasteiger partial charge in [-0.2, -0.15) is 5.10 Å². The molecule has 0 spiro atoms. The third-order valence-electron chi connectivity index (χ3n) is 2.46. The number of likely N-dealkylation sites (N-methyl/N-ethyl adjacent to an activating group) is 1. The van der Waals surface area contributed by atoms with Crippen molar-refractivity contribution in [1.82, 2.24) is 25.4 Å². The quantitative estimate of drug-likeness (QED) is 0.679. The van der Waals surface area contributed by atoms with Gasteiger partial charge in [0, 0.05) is 19.6 Å². The minimum absolute atomic E-state index is 0.0469. The lowest BCUT2D eigenvalue weighted by Crippen LogP contribution is -2.46. The molecule has 7 nitrogen and oxygen atoms in total.